The van der Waals surface area contributed by atoms with E-state index in [2.05, 4.69) is 10.6 Å². The van der Waals surface area contributed by atoms with Gasteiger partial charge in [-0.25, -0.2) is 4.79 Å². The molecule has 1 rings (SSSR count). The lowest BCUT2D eigenvalue weighted by molar-refractivity contribution is -0.138. The predicted octanol–water partition coefficient (Wildman–Crippen LogP) is 2.90. The molecule has 1 aliphatic carbocycles. The molecule has 0 aromatic carbocycles. The quantitative estimate of drug-likeness (QED) is 0.695. The number of hydrogen-bond donors (Lipinski definition) is 3. The highest BCUT2D eigenvalue weighted by Gasteiger charge is 2.29. The van der Waals surface area contributed by atoms with E-state index >= 15 is 0 Å². The van der Waals surface area contributed by atoms with Crippen LogP contribution in [0.2, 0.25) is 0 Å². The van der Waals surface area contributed by atoms with Gasteiger partial charge in [0.2, 0.25) is 0 Å². The molecule has 1 unspecified atom stereocenters. The van der Waals surface area contributed by atoms with E-state index in [1.165, 1.54) is 12.8 Å². The third-order valence-corrected chi connectivity index (χ3v) is 3.92. The summed E-state index contributed by atoms with van der Waals surface area (Å²) in [5.41, 5.74) is -0.279. The van der Waals surface area contributed by atoms with Gasteiger partial charge in [-0.1, -0.05) is 46.5 Å². The van der Waals surface area contributed by atoms with Gasteiger partial charge >= 0.3 is 12.0 Å². The van der Waals surface area contributed by atoms with Gasteiger partial charge in [0.15, 0.2) is 0 Å². The fraction of sp³-hybridized carbons (Fsp3) is 0.867. The highest BCUT2D eigenvalue weighted by Crippen LogP contribution is 2.22. The number of carboxylic acid groups (broad SMARTS) is 1. The van der Waals surface area contributed by atoms with Crippen molar-refractivity contribution in [3.8, 4) is 0 Å². The summed E-state index contributed by atoms with van der Waals surface area (Å²) < 4.78 is 0. The molecule has 5 heteroatoms. The number of hydrogen-bond acceptors (Lipinski definition) is 2. The topological polar surface area (TPSA) is 78.4 Å². The van der Waals surface area contributed by atoms with Crippen LogP contribution >= 0.6 is 0 Å². The first-order valence-corrected chi connectivity index (χ1v) is 7.58. The second-order valence-electron chi connectivity index (χ2n) is 6.82. The summed E-state index contributed by atoms with van der Waals surface area (Å²) in [5, 5.41) is 14.8. The molecule has 20 heavy (non-hydrogen) atoms. The molecular formula is C15H28N2O3. The smallest absolute Gasteiger partial charge is 0.315 e. The van der Waals surface area contributed by atoms with E-state index in [0.717, 1.165) is 25.7 Å². The van der Waals surface area contributed by atoms with Crippen molar-refractivity contribution in [2.45, 2.75) is 77.8 Å². The third-order valence-electron chi connectivity index (χ3n) is 3.92. The molecule has 0 saturated heterocycles. The maximum atomic E-state index is 12.0. The Labute approximate surface area is 121 Å². The van der Waals surface area contributed by atoms with Crippen LogP contribution in [0, 0.1) is 5.41 Å². The number of rotatable bonds is 4. The number of carboxylic acids is 1. The van der Waals surface area contributed by atoms with Crippen molar-refractivity contribution in [1.29, 1.82) is 0 Å². The van der Waals surface area contributed by atoms with Crippen LogP contribution < -0.4 is 10.6 Å². The van der Waals surface area contributed by atoms with Crippen molar-refractivity contribution in [1.82, 2.24) is 10.6 Å². The maximum absolute atomic E-state index is 12.0. The second-order valence-corrected chi connectivity index (χ2v) is 6.82. The average molecular weight is 284 g/mol. The molecule has 1 aliphatic rings. The molecule has 0 aliphatic heterocycles. The van der Waals surface area contributed by atoms with Crippen molar-refractivity contribution in [2.24, 2.45) is 5.41 Å². The van der Waals surface area contributed by atoms with Crippen LogP contribution in [-0.4, -0.2) is 29.2 Å². The number of urea groups is 1. The molecule has 0 heterocycles. The summed E-state index contributed by atoms with van der Waals surface area (Å²) in [4.78, 5) is 22.9. The van der Waals surface area contributed by atoms with Gasteiger partial charge in [-0.2, -0.15) is 0 Å². The Bertz CT molecular complexity index is 329. The maximum Gasteiger partial charge on any atom is 0.315 e. The van der Waals surface area contributed by atoms with E-state index in [-0.39, 0.29) is 30.0 Å². The van der Waals surface area contributed by atoms with Crippen LogP contribution in [0.1, 0.15) is 65.7 Å². The van der Waals surface area contributed by atoms with Crippen LogP contribution in [0.15, 0.2) is 0 Å². The summed E-state index contributed by atoms with van der Waals surface area (Å²) >= 11 is 0. The highest BCUT2D eigenvalue weighted by atomic mass is 16.4. The molecule has 1 atom stereocenters. The average Bonchev–Trinajstić information content (AvgIpc) is 2.54. The Morgan fingerprint density at radius 2 is 1.70 bits per heavy atom. The fourth-order valence-corrected chi connectivity index (χ4v) is 2.56. The van der Waals surface area contributed by atoms with Crippen molar-refractivity contribution in [2.75, 3.05) is 0 Å². The summed E-state index contributed by atoms with van der Waals surface area (Å²) in [7, 11) is 0. The Kier molecular flexibility index (Phi) is 6.30. The number of nitrogens with one attached hydrogen (secondary N) is 2. The lowest BCUT2D eigenvalue weighted by Crippen LogP contribution is -2.51. The predicted molar refractivity (Wildman–Crippen MR) is 78.7 cm³/mol. The Morgan fingerprint density at radius 3 is 2.15 bits per heavy atom. The molecule has 0 aromatic heterocycles. The normalized spacial score (nSPS) is 18.9. The van der Waals surface area contributed by atoms with E-state index in [1.807, 2.05) is 20.8 Å². The minimum atomic E-state index is -0.889. The van der Waals surface area contributed by atoms with Gasteiger partial charge in [0.25, 0.3) is 0 Å². The van der Waals surface area contributed by atoms with Gasteiger partial charge in [-0.05, 0) is 18.3 Å². The minimum absolute atomic E-state index is 0.0540. The van der Waals surface area contributed by atoms with Gasteiger partial charge in [-0.15, -0.1) is 0 Å². The zero-order valence-corrected chi connectivity index (χ0v) is 12.9. The summed E-state index contributed by atoms with van der Waals surface area (Å²) in [6, 6.07) is -0.383. The molecular weight excluding hydrogens is 256 g/mol. The Balaban J connectivity index is 2.50. The molecule has 1 saturated carbocycles. The first kappa shape index (κ1) is 16.8. The first-order chi connectivity index (χ1) is 9.29. The standard InChI is InChI=1S/C15H28N2O3/c1-15(2,3)12(10-13(18)19)17-14(20)16-11-8-6-4-5-7-9-11/h11-12H,4-10H2,1-3H3,(H,18,19)(H2,16,17,20). The highest BCUT2D eigenvalue weighted by molar-refractivity contribution is 5.76. The van der Waals surface area contributed by atoms with E-state index in [4.69, 9.17) is 5.11 Å². The molecule has 0 spiro atoms. The van der Waals surface area contributed by atoms with Gasteiger partial charge < -0.3 is 15.7 Å². The third kappa shape index (κ3) is 6.26. The number of carbonyl (C=O) groups excluding carboxylic acids is 1. The molecule has 2 amide bonds. The summed E-state index contributed by atoms with van der Waals surface area (Å²) in [6.07, 6.45) is 6.78. The zero-order chi connectivity index (χ0) is 15.2. The lowest BCUT2D eigenvalue weighted by Gasteiger charge is -2.31. The van der Waals surface area contributed by atoms with Crippen LogP contribution in [0.4, 0.5) is 4.79 Å². The van der Waals surface area contributed by atoms with Gasteiger partial charge in [-0.3, -0.25) is 4.79 Å². The van der Waals surface area contributed by atoms with Crippen LogP contribution in [-0.2, 0) is 4.79 Å². The van der Waals surface area contributed by atoms with Gasteiger partial charge in [0.1, 0.15) is 0 Å². The Hall–Kier alpha value is -1.26. The van der Waals surface area contributed by atoms with Crippen molar-refractivity contribution in [3.05, 3.63) is 0 Å². The van der Waals surface area contributed by atoms with E-state index in [0.29, 0.717) is 0 Å². The Morgan fingerprint density at radius 1 is 1.15 bits per heavy atom. The molecule has 0 radical (unpaired) electrons. The van der Waals surface area contributed by atoms with Crippen LogP contribution in [0.5, 0.6) is 0 Å². The molecule has 0 bridgehead atoms. The fourth-order valence-electron chi connectivity index (χ4n) is 2.56. The minimum Gasteiger partial charge on any atom is -0.481 e. The number of amides is 2. The van der Waals surface area contributed by atoms with Crippen molar-refractivity contribution >= 4 is 12.0 Å². The molecule has 1 fully saturated rings. The molecule has 116 valence electrons. The van der Waals surface area contributed by atoms with E-state index in [9.17, 15) is 9.59 Å². The van der Waals surface area contributed by atoms with Crippen LogP contribution in [0.3, 0.4) is 0 Å². The number of aliphatic carboxylic acids is 1. The lowest BCUT2D eigenvalue weighted by atomic mass is 9.85. The second kappa shape index (κ2) is 7.50. The zero-order valence-electron chi connectivity index (χ0n) is 12.9. The summed E-state index contributed by atoms with van der Waals surface area (Å²) in [6.45, 7) is 5.81. The number of carbonyl (C=O) groups is 2. The van der Waals surface area contributed by atoms with Gasteiger partial charge in [0, 0.05) is 12.1 Å². The van der Waals surface area contributed by atoms with E-state index < -0.39 is 5.97 Å². The molecule has 0 aromatic rings. The SMILES string of the molecule is CC(C)(C)C(CC(=O)O)NC(=O)NC1CCCCCC1. The largest absolute Gasteiger partial charge is 0.481 e. The monoisotopic (exact) mass is 284 g/mol. The first-order valence-electron chi connectivity index (χ1n) is 7.58. The molecule has 5 nitrogen and oxygen atoms in total. The van der Waals surface area contributed by atoms with Gasteiger partial charge in [0.05, 0.1) is 6.42 Å². The summed E-state index contributed by atoms with van der Waals surface area (Å²) in [5.74, 6) is -0.889. The van der Waals surface area contributed by atoms with Crippen molar-refractivity contribution in [3.63, 3.8) is 0 Å². The van der Waals surface area contributed by atoms with E-state index in [1.54, 1.807) is 0 Å². The van der Waals surface area contributed by atoms with Crippen LogP contribution in [0.25, 0.3) is 0 Å². The molecule has 3 N–H and O–H groups in total. The van der Waals surface area contributed by atoms with Crippen molar-refractivity contribution < 1.29 is 14.7 Å².